The van der Waals surface area contributed by atoms with Gasteiger partial charge in [0.1, 0.15) is 5.69 Å². The molecule has 5 rings (SSSR count). The number of piperazine rings is 1. The molecule has 2 aromatic carbocycles. The molecule has 0 atom stereocenters. The molecule has 1 amide bonds. The Morgan fingerprint density at radius 3 is 2.49 bits per heavy atom. The number of hydrogen-bond acceptors (Lipinski definition) is 7. The van der Waals surface area contributed by atoms with Crippen molar-refractivity contribution in [1.29, 1.82) is 0 Å². The number of primary amides is 1. The van der Waals surface area contributed by atoms with E-state index in [4.69, 9.17) is 22.1 Å². The van der Waals surface area contributed by atoms with Gasteiger partial charge in [0.05, 0.1) is 24.2 Å². The minimum absolute atomic E-state index is 0.0481. The number of anilines is 1. The number of rotatable bonds is 9. The van der Waals surface area contributed by atoms with Gasteiger partial charge in [-0.15, -0.1) is 0 Å². The maximum atomic E-state index is 13.6. The van der Waals surface area contributed by atoms with E-state index >= 15 is 0 Å². The summed E-state index contributed by atoms with van der Waals surface area (Å²) in [6.07, 6.45) is 3.66. The number of nitrogens with zero attached hydrogens (tertiary/aromatic N) is 4. The predicted octanol–water partition coefficient (Wildman–Crippen LogP) is 2.82. The number of ether oxygens (including phenoxy) is 1. The molecule has 10 nitrogen and oxygen atoms in total. The van der Waals surface area contributed by atoms with Crippen LogP contribution in [0.15, 0.2) is 59.5 Å². The minimum Gasteiger partial charge on any atom is -0.486 e. The van der Waals surface area contributed by atoms with E-state index < -0.39 is 21.5 Å². The van der Waals surface area contributed by atoms with E-state index in [1.807, 2.05) is 4.90 Å². The Morgan fingerprint density at radius 2 is 1.82 bits per heavy atom. The van der Waals surface area contributed by atoms with Crippen LogP contribution in [0.2, 0.25) is 5.02 Å². The van der Waals surface area contributed by atoms with Gasteiger partial charge in [-0.25, -0.2) is 8.42 Å². The van der Waals surface area contributed by atoms with Gasteiger partial charge in [0.2, 0.25) is 21.7 Å². The standard InChI is InChI=1S/C27H30ClN5O5S/c1-27(8-9-27)18-38-24-23(16-30-33(26(24)35)22-7-3-6-21(28)15-22)31-10-12-32(13-11-31)39(36,37)17-19-4-2-5-20(14-19)25(29)34/h2-7,14-16H,8-13,17-18H2,1H3,(H2,29,34). The smallest absolute Gasteiger partial charge is 0.316 e. The number of aromatic nitrogens is 2. The van der Waals surface area contributed by atoms with Crippen LogP contribution < -0.4 is 20.9 Å². The largest absolute Gasteiger partial charge is 0.486 e. The van der Waals surface area contributed by atoms with Crippen molar-refractivity contribution in [2.24, 2.45) is 11.1 Å². The molecule has 1 aliphatic heterocycles. The van der Waals surface area contributed by atoms with E-state index in [1.165, 1.54) is 15.1 Å². The molecule has 0 bridgehead atoms. The van der Waals surface area contributed by atoms with Crippen molar-refractivity contribution in [3.05, 3.63) is 81.2 Å². The topological polar surface area (TPSA) is 128 Å². The summed E-state index contributed by atoms with van der Waals surface area (Å²) in [5, 5.41) is 4.87. The highest BCUT2D eigenvalue weighted by atomic mass is 35.5. The Kier molecular flexibility index (Phi) is 7.41. The Labute approximate surface area is 232 Å². The van der Waals surface area contributed by atoms with E-state index in [2.05, 4.69) is 12.0 Å². The van der Waals surface area contributed by atoms with Crippen LogP contribution in [0, 0.1) is 5.41 Å². The summed E-state index contributed by atoms with van der Waals surface area (Å²) in [7, 11) is -3.64. The Balaban J connectivity index is 1.35. The monoisotopic (exact) mass is 571 g/mol. The molecular weight excluding hydrogens is 542 g/mol. The SMILES string of the molecule is CC1(COc2c(N3CCN(S(=O)(=O)Cc4cccc(C(N)=O)c4)CC3)cnn(-c3cccc(Cl)c3)c2=O)CC1. The highest BCUT2D eigenvalue weighted by molar-refractivity contribution is 7.88. The molecule has 2 aliphatic rings. The number of carbonyl (C=O) groups is 1. The van der Waals surface area contributed by atoms with Crippen molar-refractivity contribution < 1.29 is 17.9 Å². The zero-order chi connectivity index (χ0) is 27.8. The summed E-state index contributed by atoms with van der Waals surface area (Å²) in [6, 6.07) is 13.2. The summed E-state index contributed by atoms with van der Waals surface area (Å²) in [5.74, 6) is -0.654. The molecule has 1 aromatic heterocycles. The van der Waals surface area contributed by atoms with E-state index in [-0.39, 0.29) is 35.6 Å². The Morgan fingerprint density at radius 1 is 1.10 bits per heavy atom. The summed E-state index contributed by atoms with van der Waals surface area (Å²) in [4.78, 5) is 27.0. The van der Waals surface area contributed by atoms with Gasteiger partial charge in [-0.1, -0.05) is 36.7 Å². The fraction of sp³-hybridized carbons (Fsp3) is 0.370. The maximum absolute atomic E-state index is 13.6. The first-order chi connectivity index (χ1) is 18.5. The van der Waals surface area contributed by atoms with E-state index in [0.717, 1.165) is 12.8 Å². The zero-order valence-electron chi connectivity index (χ0n) is 21.5. The quantitative estimate of drug-likeness (QED) is 0.418. The fourth-order valence-electron chi connectivity index (χ4n) is 4.51. The van der Waals surface area contributed by atoms with Crippen LogP contribution in [0.25, 0.3) is 5.69 Å². The number of benzene rings is 2. The molecule has 2 heterocycles. The molecule has 206 valence electrons. The van der Waals surface area contributed by atoms with Crippen molar-refractivity contribution in [2.45, 2.75) is 25.5 Å². The second-order valence-electron chi connectivity index (χ2n) is 10.4. The third-order valence-electron chi connectivity index (χ3n) is 7.17. The molecule has 1 saturated heterocycles. The van der Waals surface area contributed by atoms with Crippen molar-refractivity contribution in [3.8, 4) is 11.4 Å². The molecule has 0 spiro atoms. The van der Waals surface area contributed by atoms with Crippen LogP contribution in [0.5, 0.6) is 5.75 Å². The summed E-state index contributed by atoms with van der Waals surface area (Å²) >= 11 is 6.14. The van der Waals surface area contributed by atoms with E-state index in [0.29, 0.717) is 41.7 Å². The normalized spacial score (nSPS) is 17.1. The fourth-order valence-corrected chi connectivity index (χ4v) is 6.20. The lowest BCUT2D eigenvalue weighted by atomic mass is 10.1. The van der Waals surface area contributed by atoms with Crippen molar-refractivity contribution in [2.75, 3.05) is 37.7 Å². The van der Waals surface area contributed by atoms with Gasteiger partial charge in [-0.3, -0.25) is 9.59 Å². The first-order valence-corrected chi connectivity index (χ1v) is 14.7. The molecule has 0 radical (unpaired) electrons. The molecule has 12 heteroatoms. The van der Waals surface area contributed by atoms with Crippen LogP contribution in [0.4, 0.5) is 5.69 Å². The maximum Gasteiger partial charge on any atom is 0.316 e. The summed E-state index contributed by atoms with van der Waals surface area (Å²) in [6.45, 7) is 3.70. The van der Waals surface area contributed by atoms with Gasteiger partial charge in [0, 0.05) is 42.2 Å². The first kappa shape index (κ1) is 27.2. The second-order valence-corrected chi connectivity index (χ2v) is 12.8. The number of nitrogens with two attached hydrogens (primary N) is 1. The number of halogens is 1. The van der Waals surface area contributed by atoms with Crippen molar-refractivity contribution in [3.63, 3.8) is 0 Å². The average Bonchev–Trinajstić information content (AvgIpc) is 3.65. The third-order valence-corrected chi connectivity index (χ3v) is 9.25. The highest BCUT2D eigenvalue weighted by Crippen LogP contribution is 2.45. The molecule has 2 N–H and O–H groups in total. The molecule has 2 fully saturated rings. The van der Waals surface area contributed by atoms with E-state index in [9.17, 15) is 18.0 Å². The number of carbonyl (C=O) groups excluding carboxylic acids is 1. The van der Waals surface area contributed by atoms with E-state index in [1.54, 1.807) is 48.7 Å². The van der Waals surface area contributed by atoms with Gasteiger partial charge in [0.25, 0.3) is 0 Å². The van der Waals surface area contributed by atoms with Crippen LogP contribution in [-0.2, 0) is 15.8 Å². The van der Waals surface area contributed by atoms with Crippen LogP contribution in [0.3, 0.4) is 0 Å². The van der Waals surface area contributed by atoms with Crippen LogP contribution in [-0.4, -0.2) is 61.2 Å². The summed E-state index contributed by atoms with van der Waals surface area (Å²) < 4.78 is 35.1. The molecule has 1 saturated carbocycles. The molecule has 39 heavy (non-hydrogen) atoms. The van der Waals surface area contributed by atoms with Crippen LogP contribution in [0.1, 0.15) is 35.7 Å². The Hall–Kier alpha value is -3.41. The van der Waals surface area contributed by atoms with Crippen LogP contribution >= 0.6 is 11.6 Å². The number of amides is 1. The molecule has 3 aromatic rings. The Bertz CT molecular complexity index is 1560. The van der Waals surface area contributed by atoms with Crippen molar-refractivity contribution in [1.82, 2.24) is 14.1 Å². The summed E-state index contributed by atoms with van der Waals surface area (Å²) in [5.41, 5.74) is 6.80. The first-order valence-electron chi connectivity index (χ1n) is 12.7. The lowest BCUT2D eigenvalue weighted by Gasteiger charge is -2.35. The molecule has 1 aliphatic carbocycles. The van der Waals surface area contributed by atoms with Crippen molar-refractivity contribution >= 4 is 33.2 Å². The third kappa shape index (κ3) is 6.10. The highest BCUT2D eigenvalue weighted by Gasteiger charge is 2.39. The zero-order valence-corrected chi connectivity index (χ0v) is 23.1. The predicted molar refractivity (Wildman–Crippen MR) is 149 cm³/mol. The second kappa shape index (κ2) is 10.6. The lowest BCUT2D eigenvalue weighted by Crippen LogP contribution is -2.49. The van der Waals surface area contributed by atoms with Gasteiger partial charge in [-0.05, 0) is 48.7 Å². The number of sulfonamides is 1. The molecule has 0 unspecified atom stereocenters. The average molecular weight is 572 g/mol. The minimum atomic E-state index is -3.64. The number of hydrogen-bond donors (Lipinski definition) is 1. The van der Waals surface area contributed by atoms with Gasteiger partial charge < -0.3 is 15.4 Å². The van der Waals surface area contributed by atoms with Gasteiger partial charge >= 0.3 is 5.56 Å². The van der Waals surface area contributed by atoms with Gasteiger partial charge in [-0.2, -0.15) is 14.1 Å². The van der Waals surface area contributed by atoms with Gasteiger partial charge in [0.15, 0.2) is 0 Å². The molecular formula is C27H30ClN5O5S. The lowest BCUT2D eigenvalue weighted by molar-refractivity contribution is 0.1000.